The lowest BCUT2D eigenvalue weighted by Gasteiger charge is -2.12. The minimum absolute atomic E-state index is 0.00527. The number of phenolic OH excluding ortho intramolecular Hbond substituents is 1. The molecule has 1 heterocycles. The lowest BCUT2D eigenvalue weighted by molar-refractivity contribution is -0.137. The number of nitrogens with two attached hydrogens (primary N) is 1. The van der Waals surface area contributed by atoms with Crippen molar-refractivity contribution in [2.24, 2.45) is 0 Å². The highest BCUT2D eigenvalue weighted by atomic mass is 35.5. The van der Waals surface area contributed by atoms with E-state index in [4.69, 9.17) is 17.3 Å². The number of rotatable bonds is 2. The van der Waals surface area contributed by atoms with Crippen LogP contribution in [0.3, 0.4) is 0 Å². The highest BCUT2D eigenvalue weighted by Gasteiger charge is 2.31. The summed E-state index contributed by atoms with van der Waals surface area (Å²) in [7, 11) is 0. The Morgan fingerprint density at radius 1 is 1.27 bits per heavy atom. The zero-order chi connectivity index (χ0) is 16.5. The second-order valence-electron chi connectivity index (χ2n) is 4.29. The lowest BCUT2D eigenvalue weighted by Crippen LogP contribution is -2.14. The summed E-state index contributed by atoms with van der Waals surface area (Å²) in [5.41, 5.74) is 4.03. The Balaban J connectivity index is 2.32. The smallest absolute Gasteiger partial charge is 0.416 e. The molecule has 0 unspecified atom stereocenters. The fraction of sp³-hybridized carbons (Fsp3) is 0.0769. The standard InChI is InChI=1S/C13H9ClF3N3O2/c14-10-3-6(4-11(18)20-10)12(22)19-8-5-7(13(15,16)17)1-2-9(8)21/h1-5,21H,(H2,18,20)(H,19,22). The number of pyridine rings is 1. The Hall–Kier alpha value is -2.48. The van der Waals surface area contributed by atoms with Gasteiger partial charge in [-0.15, -0.1) is 0 Å². The van der Waals surface area contributed by atoms with Crippen LogP contribution >= 0.6 is 11.6 Å². The minimum atomic E-state index is -4.60. The third-order valence-electron chi connectivity index (χ3n) is 2.65. The number of nitrogens with zero attached hydrogens (tertiary/aromatic N) is 1. The van der Waals surface area contributed by atoms with Gasteiger partial charge < -0.3 is 16.2 Å². The van der Waals surface area contributed by atoms with Crippen molar-refractivity contribution in [3.05, 3.63) is 46.6 Å². The molecule has 1 aromatic heterocycles. The molecule has 5 nitrogen and oxygen atoms in total. The second-order valence-corrected chi connectivity index (χ2v) is 4.67. The maximum atomic E-state index is 12.6. The summed E-state index contributed by atoms with van der Waals surface area (Å²) in [4.78, 5) is 15.6. The van der Waals surface area contributed by atoms with Crippen LogP contribution in [-0.2, 0) is 6.18 Å². The summed E-state index contributed by atoms with van der Waals surface area (Å²) in [5.74, 6) is -1.31. The summed E-state index contributed by atoms with van der Waals surface area (Å²) >= 11 is 5.64. The number of hydrogen-bond acceptors (Lipinski definition) is 4. The Morgan fingerprint density at radius 2 is 1.95 bits per heavy atom. The highest BCUT2D eigenvalue weighted by Crippen LogP contribution is 2.34. The number of halogens is 4. The summed E-state index contributed by atoms with van der Waals surface area (Å²) < 4.78 is 37.9. The van der Waals surface area contributed by atoms with E-state index in [1.165, 1.54) is 12.1 Å². The van der Waals surface area contributed by atoms with E-state index in [-0.39, 0.29) is 22.2 Å². The van der Waals surface area contributed by atoms with E-state index < -0.39 is 23.4 Å². The molecule has 1 aromatic carbocycles. The molecule has 2 aromatic rings. The Bertz CT molecular complexity index is 715. The fourth-order valence-corrected chi connectivity index (χ4v) is 1.87. The van der Waals surface area contributed by atoms with E-state index in [2.05, 4.69) is 10.3 Å². The first-order valence-corrected chi connectivity index (χ1v) is 6.19. The van der Waals surface area contributed by atoms with E-state index in [1.807, 2.05) is 0 Å². The molecule has 1 amide bonds. The van der Waals surface area contributed by atoms with E-state index >= 15 is 0 Å². The average Bonchev–Trinajstić information content (AvgIpc) is 2.38. The number of nitrogens with one attached hydrogen (secondary N) is 1. The van der Waals surface area contributed by atoms with Crippen LogP contribution in [0.4, 0.5) is 24.7 Å². The summed E-state index contributed by atoms with van der Waals surface area (Å²) in [6.07, 6.45) is -4.60. The Morgan fingerprint density at radius 3 is 2.55 bits per heavy atom. The summed E-state index contributed by atoms with van der Waals surface area (Å²) in [6.45, 7) is 0. The van der Waals surface area contributed by atoms with Gasteiger partial charge in [0.25, 0.3) is 5.91 Å². The third-order valence-corrected chi connectivity index (χ3v) is 2.84. The van der Waals surface area contributed by atoms with Gasteiger partial charge >= 0.3 is 6.18 Å². The van der Waals surface area contributed by atoms with Crippen LogP contribution in [0, 0.1) is 0 Å². The molecule has 116 valence electrons. The quantitative estimate of drug-likeness (QED) is 0.582. The van der Waals surface area contributed by atoms with Gasteiger partial charge in [-0.05, 0) is 30.3 Å². The molecule has 0 saturated carbocycles. The average molecular weight is 332 g/mol. The molecule has 2 rings (SSSR count). The number of aromatic nitrogens is 1. The zero-order valence-corrected chi connectivity index (χ0v) is 11.5. The van der Waals surface area contributed by atoms with Gasteiger partial charge in [-0.3, -0.25) is 4.79 Å². The van der Waals surface area contributed by atoms with Crippen LogP contribution in [-0.4, -0.2) is 16.0 Å². The van der Waals surface area contributed by atoms with Crippen LogP contribution in [0.15, 0.2) is 30.3 Å². The van der Waals surface area contributed by atoms with Crippen LogP contribution in [0.25, 0.3) is 0 Å². The maximum Gasteiger partial charge on any atom is 0.416 e. The summed E-state index contributed by atoms with van der Waals surface area (Å²) in [6, 6.07) is 4.56. The van der Waals surface area contributed by atoms with Crippen molar-refractivity contribution in [3.8, 4) is 5.75 Å². The van der Waals surface area contributed by atoms with Gasteiger partial charge in [-0.2, -0.15) is 13.2 Å². The largest absolute Gasteiger partial charge is 0.506 e. The molecule has 0 radical (unpaired) electrons. The Kier molecular flexibility index (Phi) is 4.14. The highest BCUT2D eigenvalue weighted by molar-refractivity contribution is 6.30. The molecule has 22 heavy (non-hydrogen) atoms. The van der Waals surface area contributed by atoms with Gasteiger partial charge in [-0.25, -0.2) is 4.98 Å². The molecule has 4 N–H and O–H groups in total. The van der Waals surface area contributed by atoms with Crippen molar-refractivity contribution < 1.29 is 23.1 Å². The number of anilines is 2. The predicted octanol–water partition coefficient (Wildman–Crippen LogP) is 3.29. The van der Waals surface area contributed by atoms with Crippen molar-refractivity contribution in [2.45, 2.75) is 6.18 Å². The van der Waals surface area contributed by atoms with Crippen LogP contribution in [0.2, 0.25) is 5.15 Å². The van der Waals surface area contributed by atoms with E-state index in [0.717, 1.165) is 6.07 Å². The third kappa shape index (κ3) is 3.59. The number of carbonyl (C=O) groups excluding carboxylic acids is 1. The molecule has 0 bridgehead atoms. The molecule has 0 atom stereocenters. The zero-order valence-electron chi connectivity index (χ0n) is 10.8. The van der Waals surface area contributed by atoms with E-state index in [1.54, 1.807) is 0 Å². The van der Waals surface area contributed by atoms with Crippen molar-refractivity contribution >= 4 is 29.0 Å². The van der Waals surface area contributed by atoms with Crippen LogP contribution < -0.4 is 11.1 Å². The normalized spacial score (nSPS) is 11.3. The first-order valence-electron chi connectivity index (χ1n) is 5.81. The van der Waals surface area contributed by atoms with E-state index in [0.29, 0.717) is 12.1 Å². The predicted molar refractivity (Wildman–Crippen MR) is 74.7 cm³/mol. The van der Waals surface area contributed by atoms with Gasteiger partial charge in [0, 0.05) is 5.56 Å². The number of benzene rings is 1. The molecule has 0 aliphatic carbocycles. The molecule has 9 heteroatoms. The number of alkyl halides is 3. The molecular weight excluding hydrogens is 323 g/mol. The van der Waals surface area contributed by atoms with Crippen molar-refractivity contribution in [3.63, 3.8) is 0 Å². The van der Waals surface area contributed by atoms with Crippen LogP contribution in [0.5, 0.6) is 5.75 Å². The molecular formula is C13H9ClF3N3O2. The first kappa shape index (κ1) is 15.9. The topological polar surface area (TPSA) is 88.2 Å². The minimum Gasteiger partial charge on any atom is -0.506 e. The monoisotopic (exact) mass is 331 g/mol. The fourth-order valence-electron chi connectivity index (χ4n) is 1.66. The van der Waals surface area contributed by atoms with Crippen LogP contribution in [0.1, 0.15) is 15.9 Å². The lowest BCUT2D eigenvalue weighted by atomic mass is 10.1. The van der Waals surface area contributed by atoms with Gasteiger partial charge in [-0.1, -0.05) is 11.6 Å². The number of aromatic hydroxyl groups is 1. The second kappa shape index (κ2) is 5.72. The van der Waals surface area contributed by atoms with E-state index in [9.17, 15) is 23.1 Å². The number of phenols is 1. The van der Waals surface area contributed by atoms with Crippen molar-refractivity contribution in [1.82, 2.24) is 4.98 Å². The number of hydrogen-bond donors (Lipinski definition) is 3. The molecule has 0 spiro atoms. The van der Waals surface area contributed by atoms with Gasteiger partial charge in [0.2, 0.25) is 0 Å². The van der Waals surface area contributed by atoms with Crippen molar-refractivity contribution in [2.75, 3.05) is 11.1 Å². The van der Waals surface area contributed by atoms with Gasteiger partial charge in [0.05, 0.1) is 11.3 Å². The molecule has 0 saturated heterocycles. The SMILES string of the molecule is Nc1cc(C(=O)Nc2cc(C(F)(F)F)ccc2O)cc(Cl)n1. The maximum absolute atomic E-state index is 12.6. The first-order chi connectivity index (χ1) is 10.2. The molecule has 0 aliphatic heterocycles. The van der Waals surface area contributed by atoms with Gasteiger partial charge in [0.15, 0.2) is 0 Å². The summed E-state index contributed by atoms with van der Waals surface area (Å²) in [5, 5.41) is 11.7. The number of amides is 1. The van der Waals surface area contributed by atoms with Crippen molar-refractivity contribution in [1.29, 1.82) is 0 Å². The molecule has 0 fully saturated rings. The number of nitrogen functional groups attached to an aromatic ring is 1. The molecule has 0 aliphatic rings. The number of carbonyl (C=O) groups is 1. The van der Waals surface area contributed by atoms with Gasteiger partial charge in [0.1, 0.15) is 16.7 Å². The Labute approximate surface area is 127 Å².